The van der Waals surface area contributed by atoms with Crippen molar-refractivity contribution in [3.8, 4) is 0 Å². The van der Waals surface area contributed by atoms with Gasteiger partial charge in [-0.1, -0.05) is 27.7 Å². The lowest BCUT2D eigenvalue weighted by molar-refractivity contribution is 0.0654. The van der Waals surface area contributed by atoms with E-state index in [1.54, 1.807) is 0 Å². The first-order valence-corrected chi connectivity index (χ1v) is 5.78. The Morgan fingerprint density at radius 3 is 2.36 bits per heavy atom. The zero-order chi connectivity index (χ0) is 11.0. The average Bonchev–Trinajstić information content (AvgIpc) is 2.08. The SMILES string of the molecule is CCC(C)OCCNCCC(C)(C)C. The van der Waals surface area contributed by atoms with E-state index in [0.29, 0.717) is 11.5 Å². The third kappa shape index (κ3) is 10.0. The van der Waals surface area contributed by atoms with Crippen molar-refractivity contribution in [2.75, 3.05) is 19.7 Å². The van der Waals surface area contributed by atoms with Crippen molar-refractivity contribution in [1.82, 2.24) is 5.32 Å². The van der Waals surface area contributed by atoms with Crippen molar-refractivity contribution in [2.45, 2.75) is 53.6 Å². The minimum absolute atomic E-state index is 0.402. The topological polar surface area (TPSA) is 21.3 Å². The first kappa shape index (κ1) is 13.9. The van der Waals surface area contributed by atoms with Crippen molar-refractivity contribution in [3.05, 3.63) is 0 Å². The molecule has 0 aliphatic heterocycles. The molecule has 1 atom stereocenters. The largest absolute Gasteiger partial charge is 0.377 e. The number of hydrogen-bond acceptors (Lipinski definition) is 2. The Hall–Kier alpha value is -0.0800. The Bertz CT molecular complexity index is 129. The van der Waals surface area contributed by atoms with E-state index in [2.05, 4.69) is 39.9 Å². The lowest BCUT2D eigenvalue weighted by Gasteiger charge is -2.18. The fourth-order valence-electron chi connectivity index (χ4n) is 1.04. The van der Waals surface area contributed by atoms with E-state index in [9.17, 15) is 0 Å². The summed E-state index contributed by atoms with van der Waals surface area (Å²) in [6.07, 6.45) is 2.72. The molecule has 1 N–H and O–H groups in total. The zero-order valence-corrected chi connectivity index (χ0v) is 10.5. The standard InChI is InChI=1S/C12H27NO/c1-6-11(2)14-10-9-13-8-7-12(3,4)5/h11,13H,6-10H2,1-5H3. The maximum atomic E-state index is 5.56. The first-order valence-electron chi connectivity index (χ1n) is 5.78. The van der Waals surface area contributed by atoms with Gasteiger partial charge >= 0.3 is 0 Å². The van der Waals surface area contributed by atoms with Gasteiger partial charge in [-0.05, 0) is 31.7 Å². The van der Waals surface area contributed by atoms with E-state index in [0.717, 1.165) is 26.1 Å². The maximum Gasteiger partial charge on any atom is 0.0594 e. The van der Waals surface area contributed by atoms with Crippen molar-refractivity contribution >= 4 is 0 Å². The Kier molecular flexibility index (Phi) is 7.20. The van der Waals surface area contributed by atoms with Gasteiger partial charge in [0.25, 0.3) is 0 Å². The van der Waals surface area contributed by atoms with Gasteiger partial charge in [-0.15, -0.1) is 0 Å². The van der Waals surface area contributed by atoms with Crippen LogP contribution < -0.4 is 5.32 Å². The molecule has 1 unspecified atom stereocenters. The molecular weight excluding hydrogens is 174 g/mol. The summed E-state index contributed by atoms with van der Waals surface area (Å²) in [6.45, 7) is 14.0. The smallest absolute Gasteiger partial charge is 0.0594 e. The highest BCUT2D eigenvalue weighted by molar-refractivity contribution is 4.62. The van der Waals surface area contributed by atoms with E-state index in [1.807, 2.05) is 0 Å². The third-order valence-corrected chi connectivity index (χ3v) is 2.31. The van der Waals surface area contributed by atoms with Gasteiger partial charge in [0.15, 0.2) is 0 Å². The molecule has 0 aromatic rings. The monoisotopic (exact) mass is 201 g/mol. The van der Waals surface area contributed by atoms with Gasteiger partial charge in [0, 0.05) is 6.54 Å². The second-order valence-electron chi connectivity index (χ2n) is 5.15. The fraction of sp³-hybridized carbons (Fsp3) is 1.00. The Labute approximate surface area is 89.4 Å². The van der Waals surface area contributed by atoms with Gasteiger partial charge in [-0.2, -0.15) is 0 Å². The molecular formula is C12H27NO. The highest BCUT2D eigenvalue weighted by atomic mass is 16.5. The summed E-state index contributed by atoms with van der Waals surface area (Å²) in [7, 11) is 0. The average molecular weight is 201 g/mol. The number of ether oxygens (including phenoxy) is 1. The van der Waals surface area contributed by atoms with Gasteiger partial charge in [0.05, 0.1) is 12.7 Å². The third-order valence-electron chi connectivity index (χ3n) is 2.31. The summed E-state index contributed by atoms with van der Waals surface area (Å²) < 4.78 is 5.56. The molecule has 0 radical (unpaired) electrons. The fourth-order valence-corrected chi connectivity index (χ4v) is 1.04. The Morgan fingerprint density at radius 1 is 1.21 bits per heavy atom. The molecule has 0 aromatic heterocycles. The van der Waals surface area contributed by atoms with Gasteiger partial charge < -0.3 is 10.1 Å². The van der Waals surface area contributed by atoms with E-state index in [1.165, 1.54) is 6.42 Å². The molecule has 86 valence electrons. The maximum absolute atomic E-state index is 5.56. The van der Waals surface area contributed by atoms with Crippen LogP contribution in [-0.4, -0.2) is 25.8 Å². The van der Waals surface area contributed by atoms with Gasteiger partial charge in [0.1, 0.15) is 0 Å². The highest BCUT2D eigenvalue weighted by Gasteiger charge is 2.08. The minimum Gasteiger partial charge on any atom is -0.377 e. The molecule has 0 fully saturated rings. The zero-order valence-electron chi connectivity index (χ0n) is 10.5. The molecule has 2 heteroatoms. The van der Waals surface area contributed by atoms with E-state index < -0.39 is 0 Å². The Morgan fingerprint density at radius 2 is 1.86 bits per heavy atom. The molecule has 0 spiro atoms. The van der Waals surface area contributed by atoms with Crippen molar-refractivity contribution in [1.29, 1.82) is 0 Å². The van der Waals surface area contributed by atoms with Gasteiger partial charge in [-0.3, -0.25) is 0 Å². The van der Waals surface area contributed by atoms with Crippen LogP contribution in [0.15, 0.2) is 0 Å². The van der Waals surface area contributed by atoms with E-state index >= 15 is 0 Å². The molecule has 0 aromatic carbocycles. The molecule has 0 bridgehead atoms. The lowest BCUT2D eigenvalue weighted by Crippen LogP contribution is -2.25. The summed E-state index contributed by atoms with van der Waals surface area (Å²) in [6, 6.07) is 0. The second kappa shape index (κ2) is 7.24. The van der Waals surface area contributed by atoms with Crippen LogP contribution in [0.3, 0.4) is 0 Å². The van der Waals surface area contributed by atoms with Crippen LogP contribution in [-0.2, 0) is 4.74 Å². The number of nitrogens with one attached hydrogen (secondary N) is 1. The van der Waals surface area contributed by atoms with Crippen LogP contribution in [0.5, 0.6) is 0 Å². The molecule has 0 heterocycles. The van der Waals surface area contributed by atoms with Crippen LogP contribution in [0.1, 0.15) is 47.5 Å². The molecule has 0 saturated heterocycles. The first-order chi connectivity index (χ1) is 6.45. The summed E-state index contributed by atoms with van der Waals surface area (Å²) in [5.74, 6) is 0. The minimum atomic E-state index is 0.402. The van der Waals surface area contributed by atoms with Crippen molar-refractivity contribution < 1.29 is 4.74 Å². The van der Waals surface area contributed by atoms with Crippen LogP contribution in [0, 0.1) is 5.41 Å². The quantitative estimate of drug-likeness (QED) is 0.640. The summed E-state index contributed by atoms with van der Waals surface area (Å²) in [5.41, 5.74) is 0.435. The van der Waals surface area contributed by atoms with Crippen LogP contribution >= 0.6 is 0 Å². The summed E-state index contributed by atoms with van der Waals surface area (Å²) in [4.78, 5) is 0. The van der Waals surface area contributed by atoms with Gasteiger partial charge in [-0.25, -0.2) is 0 Å². The van der Waals surface area contributed by atoms with Crippen molar-refractivity contribution in [2.24, 2.45) is 5.41 Å². The molecule has 0 saturated carbocycles. The normalized spacial score (nSPS) is 14.4. The predicted molar refractivity (Wildman–Crippen MR) is 62.6 cm³/mol. The molecule has 14 heavy (non-hydrogen) atoms. The van der Waals surface area contributed by atoms with E-state index in [-0.39, 0.29) is 0 Å². The highest BCUT2D eigenvalue weighted by Crippen LogP contribution is 2.16. The molecule has 0 aliphatic carbocycles. The molecule has 0 aliphatic rings. The molecule has 2 nitrogen and oxygen atoms in total. The van der Waals surface area contributed by atoms with E-state index in [4.69, 9.17) is 4.74 Å². The number of hydrogen-bond donors (Lipinski definition) is 1. The lowest BCUT2D eigenvalue weighted by atomic mass is 9.92. The summed E-state index contributed by atoms with van der Waals surface area (Å²) >= 11 is 0. The second-order valence-corrected chi connectivity index (χ2v) is 5.15. The van der Waals surface area contributed by atoms with Gasteiger partial charge in [0.2, 0.25) is 0 Å². The van der Waals surface area contributed by atoms with Crippen LogP contribution in [0.25, 0.3) is 0 Å². The molecule has 0 amide bonds. The molecule has 0 rings (SSSR count). The summed E-state index contributed by atoms with van der Waals surface area (Å²) in [5, 5.41) is 3.40. The predicted octanol–water partition coefficient (Wildman–Crippen LogP) is 2.83. The number of rotatable bonds is 7. The van der Waals surface area contributed by atoms with Crippen molar-refractivity contribution in [3.63, 3.8) is 0 Å². The Balaban J connectivity index is 3.14. The van der Waals surface area contributed by atoms with Crippen LogP contribution in [0.4, 0.5) is 0 Å². The van der Waals surface area contributed by atoms with Crippen LogP contribution in [0.2, 0.25) is 0 Å².